The quantitative estimate of drug-likeness (QED) is 0.700. The lowest BCUT2D eigenvalue weighted by molar-refractivity contribution is 0.0945. The number of hydrogen-bond donors (Lipinski definition) is 1. The predicted molar refractivity (Wildman–Crippen MR) is 76.2 cm³/mol. The van der Waals surface area contributed by atoms with Crippen molar-refractivity contribution < 1.29 is 14.6 Å². The molecule has 1 unspecified atom stereocenters. The van der Waals surface area contributed by atoms with Gasteiger partial charge in [-0.1, -0.05) is 30.3 Å². The summed E-state index contributed by atoms with van der Waals surface area (Å²) in [5.74, 6) is 0. The van der Waals surface area contributed by atoms with Gasteiger partial charge in [-0.3, -0.25) is 4.90 Å². The van der Waals surface area contributed by atoms with Gasteiger partial charge in [-0.2, -0.15) is 0 Å². The fraction of sp³-hybridized carbons (Fsp3) is 0.600. The second kappa shape index (κ2) is 9.92. The Kier molecular flexibility index (Phi) is 8.41. The lowest BCUT2D eigenvalue weighted by Gasteiger charge is -2.23. The van der Waals surface area contributed by atoms with E-state index < -0.39 is 6.10 Å². The van der Waals surface area contributed by atoms with Crippen LogP contribution < -0.4 is 0 Å². The van der Waals surface area contributed by atoms with Gasteiger partial charge in [-0.05, 0) is 12.0 Å². The molecule has 1 N–H and O–H groups in total. The predicted octanol–water partition coefficient (Wildman–Crippen LogP) is 1.70. The molecule has 0 fully saturated rings. The first-order chi connectivity index (χ1) is 9.27. The maximum atomic E-state index is 10.1. The first kappa shape index (κ1) is 16.1. The molecule has 19 heavy (non-hydrogen) atoms. The van der Waals surface area contributed by atoms with E-state index in [0.29, 0.717) is 13.2 Å². The summed E-state index contributed by atoms with van der Waals surface area (Å²) in [6.07, 6.45) is 0.311. The number of aliphatic hydroxyl groups excluding tert-OH is 1. The molecule has 0 aliphatic carbocycles. The van der Waals surface area contributed by atoms with Crippen molar-refractivity contribution in [3.63, 3.8) is 0 Å². The smallest absolute Gasteiger partial charge is 0.0802 e. The Morgan fingerprint density at radius 2 is 1.58 bits per heavy atom. The third-order valence-electron chi connectivity index (χ3n) is 3.13. The molecule has 0 heterocycles. The van der Waals surface area contributed by atoms with Gasteiger partial charge in [0.15, 0.2) is 0 Å². The summed E-state index contributed by atoms with van der Waals surface area (Å²) in [5, 5.41) is 10.1. The maximum absolute atomic E-state index is 10.1. The van der Waals surface area contributed by atoms with Crippen molar-refractivity contribution in [3.8, 4) is 0 Å². The van der Waals surface area contributed by atoms with E-state index in [1.165, 1.54) is 0 Å². The zero-order valence-electron chi connectivity index (χ0n) is 11.9. The number of hydrogen-bond acceptors (Lipinski definition) is 4. The van der Waals surface area contributed by atoms with Gasteiger partial charge in [0.25, 0.3) is 0 Å². The largest absolute Gasteiger partial charge is 0.388 e. The lowest BCUT2D eigenvalue weighted by Crippen LogP contribution is -2.32. The molecule has 0 saturated heterocycles. The lowest BCUT2D eigenvalue weighted by atomic mass is 10.1. The molecule has 1 rings (SSSR count). The van der Waals surface area contributed by atoms with E-state index in [9.17, 15) is 5.11 Å². The molecule has 0 bridgehead atoms. The van der Waals surface area contributed by atoms with Crippen molar-refractivity contribution in [2.75, 3.05) is 47.1 Å². The van der Waals surface area contributed by atoms with E-state index in [1.54, 1.807) is 14.2 Å². The van der Waals surface area contributed by atoms with Crippen molar-refractivity contribution >= 4 is 0 Å². The van der Waals surface area contributed by atoms with E-state index in [0.717, 1.165) is 31.6 Å². The Labute approximate surface area is 115 Å². The molecule has 1 aromatic carbocycles. The Morgan fingerprint density at radius 3 is 2.11 bits per heavy atom. The van der Waals surface area contributed by atoms with Crippen LogP contribution in [0.25, 0.3) is 0 Å². The Bertz CT molecular complexity index is 310. The number of aliphatic hydroxyl groups is 1. The molecular formula is C15H25NO3. The van der Waals surface area contributed by atoms with Crippen molar-refractivity contribution in [2.24, 2.45) is 0 Å². The summed E-state index contributed by atoms with van der Waals surface area (Å²) >= 11 is 0. The van der Waals surface area contributed by atoms with Crippen LogP contribution in [0.5, 0.6) is 0 Å². The highest BCUT2D eigenvalue weighted by Gasteiger charge is 2.10. The molecule has 1 aromatic rings. The second-order valence-corrected chi connectivity index (χ2v) is 4.54. The summed E-state index contributed by atoms with van der Waals surface area (Å²) in [5.41, 5.74) is 0.973. The first-order valence-corrected chi connectivity index (χ1v) is 6.71. The summed E-state index contributed by atoms with van der Waals surface area (Å²) < 4.78 is 10.2. The second-order valence-electron chi connectivity index (χ2n) is 4.54. The average Bonchev–Trinajstić information content (AvgIpc) is 2.47. The van der Waals surface area contributed by atoms with Crippen LogP contribution in [0, 0.1) is 0 Å². The molecule has 0 saturated carbocycles. The van der Waals surface area contributed by atoms with Gasteiger partial charge in [0.05, 0.1) is 19.3 Å². The van der Waals surface area contributed by atoms with E-state index in [2.05, 4.69) is 4.90 Å². The average molecular weight is 267 g/mol. The van der Waals surface area contributed by atoms with E-state index in [-0.39, 0.29) is 0 Å². The van der Waals surface area contributed by atoms with Gasteiger partial charge in [0.1, 0.15) is 0 Å². The summed E-state index contributed by atoms with van der Waals surface area (Å²) in [7, 11) is 3.40. The van der Waals surface area contributed by atoms with Crippen LogP contribution in [-0.4, -0.2) is 57.1 Å². The van der Waals surface area contributed by atoms with Gasteiger partial charge < -0.3 is 14.6 Å². The SMILES string of the molecule is COCCN(CCOC)CCC(O)c1ccccc1. The van der Waals surface area contributed by atoms with Crippen LogP contribution in [0.4, 0.5) is 0 Å². The number of benzene rings is 1. The van der Waals surface area contributed by atoms with Crippen molar-refractivity contribution in [3.05, 3.63) is 35.9 Å². The first-order valence-electron chi connectivity index (χ1n) is 6.71. The molecule has 4 heteroatoms. The minimum absolute atomic E-state index is 0.409. The van der Waals surface area contributed by atoms with Gasteiger partial charge in [-0.15, -0.1) is 0 Å². The van der Waals surface area contributed by atoms with Gasteiger partial charge >= 0.3 is 0 Å². The topological polar surface area (TPSA) is 41.9 Å². The highest BCUT2D eigenvalue weighted by molar-refractivity contribution is 5.17. The molecule has 0 radical (unpaired) electrons. The monoisotopic (exact) mass is 267 g/mol. The van der Waals surface area contributed by atoms with E-state index >= 15 is 0 Å². The maximum Gasteiger partial charge on any atom is 0.0802 e. The Balaban J connectivity index is 2.37. The van der Waals surface area contributed by atoms with Crippen LogP contribution in [0.2, 0.25) is 0 Å². The zero-order valence-corrected chi connectivity index (χ0v) is 11.9. The van der Waals surface area contributed by atoms with E-state index in [1.807, 2.05) is 30.3 Å². The zero-order chi connectivity index (χ0) is 13.9. The molecular weight excluding hydrogens is 242 g/mol. The van der Waals surface area contributed by atoms with E-state index in [4.69, 9.17) is 9.47 Å². The summed E-state index contributed by atoms with van der Waals surface area (Å²) in [6.45, 7) is 3.96. The molecule has 0 amide bonds. The Morgan fingerprint density at radius 1 is 1.00 bits per heavy atom. The van der Waals surface area contributed by atoms with Crippen LogP contribution in [0.15, 0.2) is 30.3 Å². The number of methoxy groups -OCH3 is 2. The van der Waals surface area contributed by atoms with Crippen molar-refractivity contribution in [1.82, 2.24) is 4.90 Å². The van der Waals surface area contributed by atoms with Crippen molar-refractivity contribution in [1.29, 1.82) is 0 Å². The van der Waals surface area contributed by atoms with Gasteiger partial charge in [0, 0.05) is 33.9 Å². The standard InChI is InChI=1S/C15H25NO3/c1-18-12-10-16(11-13-19-2)9-8-15(17)14-6-4-3-5-7-14/h3-7,15,17H,8-13H2,1-2H3. The number of nitrogens with zero attached hydrogens (tertiary/aromatic N) is 1. The van der Waals surface area contributed by atoms with Crippen LogP contribution >= 0.6 is 0 Å². The molecule has 0 aliphatic rings. The third kappa shape index (κ3) is 6.68. The van der Waals surface area contributed by atoms with Crippen LogP contribution in [-0.2, 0) is 9.47 Å². The van der Waals surface area contributed by atoms with Gasteiger partial charge in [-0.25, -0.2) is 0 Å². The molecule has 1 atom stereocenters. The molecule has 4 nitrogen and oxygen atoms in total. The number of rotatable bonds is 10. The molecule has 0 spiro atoms. The summed E-state index contributed by atoms with van der Waals surface area (Å²) in [4.78, 5) is 2.25. The normalized spacial score (nSPS) is 12.8. The third-order valence-corrected chi connectivity index (χ3v) is 3.13. The van der Waals surface area contributed by atoms with Gasteiger partial charge in [0.2, 0.25) is 0 Å². The van der Waals surface area contributed by atoms with Crippen LogP contribution in [0.3, 0.4) is 0 Å². The minimum Gasteiger partial charge on any atom is -0.388 e. The highest BCUT2D eigenvalue weighted by atomic mass is 16.5. The van der Waals surface area contributed by atoms with Crippen molar-refractivity contribution in [2.45, 2.75) is 12.5 Å². The molecule has 0 aliphatic heterocycles. The fourth-order valence-corrected chi connectivity index (χ4v) is 1.92. The minimum atomic E-state index is -0.409. The number of ether oxygens (including phenoxy) is 2. The Hall–Kier alpha value is -0.940. The highest BCUT2D eigenvalue weighted by Crippen LogP contribution is 2.16. The molecule has 0 aromatic heterocycles. The van der Waals surface area contributed by atoms with Crippen LogP contribution in [0.1, 0.15) is 18.1 Å². The molecule has 108 valence electrons. The summed E-state index contributed by atoms with van der Waals surface area (Å²) in [6, 6.07) is 9.77. The fourth-order valence-electron chi connectivity index (χ4n) is 1.92.